The molecule has 3 rings (SSSR count). The number of para-hydroxylation sites is 2. The summed E-state index contributed by atoms with van der Waals surface area (Å²) < 4.78 is 5.66. The molecule has 164 valence electrons. The second-order valence-corrected chi connectivity index (χ2v) is 7.77. The molecule has 3 amide bonds. The molecule has 7 nitrogen and oxygen atoms in total. The van der Waals surface area contributed by atoms with E-state index in [0.29, 0.717) is 36.6 Å². The second kappa shape index (κ2) is 9.64. The largest absolute Gasteiger partial charge is 0.479 e. The maximum absolute atomic E-state index is 12.9. The van der Waals surface area contributed by atoms with Crippen molar-refractivity contribution in [2.24, 2.45) is 0 Å². The van der Waals surface area contributed by atoms with Crippen molar-refractivity contribution in [2.75, 3.05) is 32.1 Å². The summed E-state index contributed by atoms with van der Waals surface area (Å²) in [5, 5.41) is 0. The standard InChI is InChI=1S/C24H29N3O4/c1-5-26(16-18-10-12-19(13-11-18)24(30)25(3)4)22(28)14-15-27-20-8-6-7-9-21(20)31-17(2)23(27)29/h6-13,17H,5,14-16H2,1-4H3. The van der Waals surface area contributed by atoms with Crippen molar-refractivity contribution in [3.8, 4) is 5.75 Å². The highest BCUT2D eigenvalue weighted by atomic mass is 16.5. The van der Waals surface area contributed by atoms with Crippen LogP contribution in [0.2, 0.25) is 0 Å². The van der Waals surface area contributed by atoms with Gasteiger partial charge in [-0.1, -0.05) is 24.3 Å². The molecule has 0 aromatic heterocycles. The fourth-order valence-electron chi connectivity index (χ4n) is 3.56. The molecule has 7 heteroatoms. The molecule has 0 fully saturated rings. The monoisotopic (exact) mass is 423 g/mol. The quantitative estimate of drug-likeness (QED) is 0.687. The van der Waals surface area contributed by atoms with Gasteiger partial charge >= 0.3 is 0 Å². The minimum Gasteiger partial charge on any atom is -0.479 e. The van der Waals surface area contributed by atoms with Gasteiger partial charge in [0.15, 0.2) is 6.10 Å². The van der Waals surface area contributed by atoms with E-state index in [9.17, 15) is 14.4 Å². The smallest absolute Gasteiger partial charge is 0.267 e. The SMILES string of the molecule is CCN(Cc1ccc(C(=O)N(C)C)cc1)C(=O)CCN1C(=O)C(C)Oc2ccccc21. The summed E-state index contributed by atoms with van der Waals surface area (Å²) in [6, 6.07) is 14.7. The number of amides is 3. The van der Waals surface area contributed by atoms with Crippen molar-refractivity contribution >= 4 is 23.4 Å². The zero-order valence-electron chi connectivity index (χ0n) is 18.5. The zero-order chi connectivity index (χ0) is 22.5. The number of rotatable bonds is 7. The number of nitrogens with zero attached hydrogens (tertiary/aromatic N) is 3. The lowest BCUT2D eigenvalue weighted by Crippen LogP contribution is -2.46. The highest BCUT2D eigenvalue weighted by Crippen LogP contribution is 2.33. The highest BCUT2D eigenvalue weighted by molar-refractivity contribution is 6.00. The normalized spacial score (nSPS) is 15.2. The first-order valence-electron chi connectivity index (χ1n) is 10.5. The average Bonchev–Trinajstić information content (AvgIpc) is 2.77. The van der Waals surface area contributed by atoms with E-state index in [2.05, 4.69) is 0 Å². The molecule has 0 N–H and O–H groups in total. The summed E-state index contributed by atoms with van der Waals surface area (Å²) in [6.45, 7) is 4.96. The second-order valence-electron chi connectivity index (χ2n) is 7.77. The third kappa shape index (κ3) is 5.05. The van der Waals surface area contributed by atoms with Crippen molar-refractivity contribution in [3.05, 3.63) is 59.7 Å². The van der Waals surface area contributed by atoms with Crippen LogP contribution in [0, 0.1) is 0 Å². The molecule has 1 heterocycles. The molecular weight excluding hydrogens is 394 g/mol. The first-order valence-corrected chi connectivity index (χ1v) is 10.5. The lowest BCUT2D eigenvalue weighted by Gasteiger charge is -2.33. The maximum Gasteiger partial charge on any atom is 0.267 e. The van der Waals surface area contributed by atoms with Gasteiger partial charge in [-0.15, -0.1) is 0 Å². The summed E-state index contributed by atoms with van der Waals surface area (Å²) in [4.78, 5) is 42.4. The van der Waals surface area contributed by atoms with Crippen molar-refractivity contribution < 1.29 is 19.1 Å². The van der Waals surface area contributed by atoms with Crippen LogP contribution in [0.1, 0.15) is 36.2 Å². The Hall–Kier alpha value is -3.35. The third-order valence-corrected chi connectivity index (χ3v) is 5.34. The summed E-state index contributed by atoms with van der Waals surface area (Å²) in [6.07, 6.45) is -0.353. The van der Waals surface area contributed by atoms with Crippen molar-refractivity contribution in [2.45, 2.75) is 32.9 Å². The first-order chi connectivity index (χ1) is 14.8. The molecule has 31 heavy (non-hydrogen) atoms. The Bertz CT molecular complexity index is 956. The van der Waals surface area contributed by atoms with Gasteiger partial charge in [0, 0.05) is 45.7 Å². The van der Waals surface area contributed by atoms with E-state index in [1.54, 1.807) is 43.0 Å². The average molecular weight is 424 g/mol. The van der Waals surface area contributed by atoms with Crippen LogP contribution in [0.15, 0.2) is 48.5 Å². The Kier molecular flexibility index (Phi) is 6.95. The molecule has 0 saturated carbocycles. The molecule has 2 aromatic carbocycles. The number of carbonyl (C=O) groups excluding carboxylic acids is 3. The minimum atomic E-state index is -0.573. The molecule has 0 bridgehead atoms. The fourth-order valence-corrected chi connectivity index (χ4v) is 3.56. The Morgan fingerprint density at radius 3 is 2.39 bits per heavy atom. The molecule has 0 saturated heterocycles. The van der Waals surface area contributed by atoms with Gasteiger partial charge < -0.3 is 19.4 Å². The van der Waals surface area contributed by atoms with Crippen LogP contribution >= 0.6 is 0 Å². The van der Waals surface area contributed by atoms with Gasteiger partial charge in [-0.25, -0.2) is 0 Å². The predicted molar refractivity (Wildman–Crippen MR) is 119 cm³/mol. The van der Waals surface area contributed by atoms with E-state index in [4.69, 9.17) is 4.74 Å². The van der Waals surface area contributed by atoms with Crippen LogP contribution in [0.3, 0.4) is 0 Å². The van der Waals surface area contributed by atoms with Gasteiger partial charge in [-0.3, -0.25) is 14.4 Å². The topological polar surface area (TPSA) is 70.2 Å². The van der Waals surface area contributed by atoms with Crippen LogP contribution in [0.25, 0.3) is 0 Å². The minimum absolute atomic E-state index is 0.0274. The van der Waals surface area contributed by atoms with Crippen LogP contribution in [-0.4, -0.2) is 60.8 Å². The Labute approximate surface area is 183 Å². The summed E-state index contributed by atoms with van der Waals surface area (Å²) >= 11 is 0. The molecule has 0 spiro atoms. The van der Waals surface area contributed by atoms with E-state index in [0.717, 1.165) is 5.56 Å². The first kappa shape index (κ1) is 22.3. The van der Waals surface area contributed by atoms with Gasteiger partial charge in [0.2, 0.25) is 5.91 Å². The summed E-state index contributed by atoms with van der Waals surface area (Å²) in [5.41, 5.74) is 2.26. The molecule has 1 aliphatic rings. The number of benzene rings is 2. The lowest BCUT2D eigenvalue weighted by atomic mass is 10.1. The summed E-state index contributed by atoms with van der Waals surface area (Å²) in [5.74, 6) is 0.428. The number of anilines is 1. The van der Waals surface area contributed by atoms with Crippen LogP contribution < -0.4 is 9.64 Å². The predicted octanol–water partition coefficient (Wildman–Crippen LogP) is 2.94. The Morgan fingerprint density at radius 2 is 1.74 bits per heavy atom. The van der Waals surface area contributed by atoms with Gasteiger partial charge in [-0.2, -0.15) is 0 Å². The zero-order valence-corrected chi connectivity index (χ0v) is 18.5. The number of fused-ring (bicyclic) bond motifs is 1. The number of ether oxygens (including phenoxy) is 1. The Morgan fingerprint density at radius 1 is 1.06 bits per heavy atom. The van der Waals surface area contributed by atoms with Gasteiger partial charge in [0.25, 0.3) is 11.8 Å². The molecule has 0 aliphatic carbocycles. The van der Waals surface area contributed by atoms with E-state index in [1.807, 2.05) is 43.3 Å². The molecule has 2 aromatic rings. The van der Waals surface area contributed by atoms with Gasteiger partial charge in [0.05, 0.1) is 5.69 Å². The molecule has 1 aliphatic heterocycles. The number of hydrogen-bond acceptors (Lipinski definition) is 4. The van der Waals surface area contributed by atoms with E-state index < -0.39 is 6.10 Å². The fraction of sp³-hybridized carbons (Fsp3) is 0.375. The molecule has 1 unspecified atom stereocenters. The third-order valence-electron chi connectivity index (χ3n) is 5.34. The van der Waals surface area contributed by atoms with Gasteiger partial charge in [0.1, 0.15) is 5.75 Å². The van der Waals surface area contributed by atoms with E-state index >= 15 is 0 Å². The van der Waals surface area contributed by atoms with Crippen LogP contribution in [0.4, 0.5) is 5.69 Å². The van der Waals surface area contributed by atoms with E-state index in [-0.39, 0.29) is 24.1 Å². The maximum atomic E-state index is 12.9. The van der Waals surface area contributed by atoms with Crippen molar-refractivity contribution in [1.82, 2.24) is 9.80 Å². The Balaban J connectivity index is 1.64. The molecule has 0 radical (unpaired) electrons. The molecule has 1 atom stereocenters. The van der Waals surface area contributed by atoms with Gasteiger partial charge in [-0.05, 0) is 43.7 Å². The van der Waals surface area contributed by atoms with Crippen molar-refractivity contribution in [3.63, 3.8) is 0 Å². The lowest BCUT2D eigenvalue weighted by molar-refractivity contribution is -0.131. The number of hydrogen-bond donors (Lipinski definition) is 0. The highest BCUT2D eigenvalue weighted by Gasteiger charge is 2.31. The number of carbonyl (C=O) groups is 3. The van der Waals surface area contributed by atoms with Crippen LogP contribution in [0.5, 0.6) is 5.75 Å². The summed E-state index contributed by atoms with van der Waals surface area (Å²) in [7, 11) is 3.43. The van der Waals surface area contributed by atoms with Crippen LogP contribution in [-0.2, 0) is 16.1 Å². The van der Waals surface area contributed by atoms with Crippen molar-refractivity contribution in [1.29, 1.82) is 0 Å². The van der Waals surface area contributed by atoms with E-state index in [1.165, 1.54) is 4.90 Å². The molecular formula is C24H29N3O4.